The van der Waals surface area contributed by atoms with Crippen molar-refractivity contribution < 1.29 is 18.7 Å². The molecule has 6 nitrogen and oxygen atoms in total. The molecule has 3 aromatic carbocycles. The summed E-state index contributed by atoms with van der Waals surface area (Å²) in [6.07, 6.45) is 3.19. The van der Waals surface area contributed by atoms with Gasteiger partial charge in [0.1, 0.15) is 0 Å². The first kappa shape index (κ1) is 21.0. The Morgan fingerprint density at radius 3 is 2.45 bits per heavy atom. The lowest BCUT2D eigenvalue weighted by Gasteiger charge is -2.26. The molecule has 5 rings (SSSR count). The first-order chi connectivity index (χ1) is 16.0. The van der Waals surface area contributed by atoms with Crippen LogP contribution in [0.3, 0.4) is 0 Å². The Bertz CT molecular complexity index is 1400. The van der Waals surface area contributed by atoms with Crippen molar-refractivity contribution in [2.45, 2.75) is 19.3 Å². The molecule has 0 bridgehead atoms. The number of aromatic amines is 1. The van der Waals surface area contributed by atoms with Crippen LogP contribution in [0.25, 0.3) is 32.9 Å². The van der Waals surface area contributed by atoms with E-state index in [4.69, 9.17) is 10.5 Å². The minimum atomic E-state index is -0.591. The van der Waals surface area contributed by atoms with E-state index in [9.17, 15) is 14.0 Å². The van der Waals surface area contributed by atoms with Gasteiger partial charge < -0.3 is 20.4 Å². The van der Waals surface area contributed by atoms with Gasteiger partial charge in [-0.2, -0.15) is 0 Å². The summed E-state index contributed by atoms with van der Waals surface area (Å²) in [7, 11) is 1.41. The zero-order valence-electron chi connectivity index (χ0n) is 18.3. The highest BCUT2D eigenvalue weighted by Gasteiger charge is 2.20. The summed E-state index contributed by atoms with van der Waals surface area (Å²) in [5.74, 6) is -0.937. The second kappa shape index (κ2) is 8.24. The number of nitrogens with two attached hydrogens (primary N) is 1. The Morgan fingerprint density at radius 1 is 0.970 bits per heavy atom. The van der Waals surface area contributed by atoms with Gasteiger partial charge in [0.05, 0.1) is 18.2 Å². The number of fused-ring (bicyclic) bond motifs is 3. The van der Waals surface area contributed by atoms with Crippen molar-refractivity contribution in [1.29, 1.82) is 0 Å². The Balaban J connectivity index is 1.67. The molecule has 0 aliphatic carbocycles. The third kappa shape index (κ3) is 3.69. The van der Waals surface area contributed by atoms with Crippen LogP contribution >= 0.6 is 0 Å². The Hall–Kier alpha value is -3.87. The number of benzene rings is 3. The molecule has 0 atom stereocenters. The second-order valence-corrected chi connectivity index (χ2v) is 8.40. The van der Waals surface area contributed by atoms with Gasteiger partial charge >= 0.3 is 0 Å². The molecule has 0 radical (unpaired) electrons. The highest BCUT2D eigenvalue weighted by atomic mass is 19.1. The zero-order valence-corrected chi connectivity index (χ0v) is 18.3. The smallest absolute Gasteiger partial charge is 0.253 e. The van der Waals surface area contributed by atoms with Crippen molar-refractivity contribution in [2.75, 3.05) is 20.2 Å². The lowest BCUT2D eigenvalue weighted by atomic mass is 9.98. The maximum Gasteiger partial charge on any atom is 0.253 e. The normalized spacial score (nSPS) is 14.1. The fraction of sp³-hybridized carbons (Fsp3) is 0.231. The minimum absolute atomic E-state index is 0.00875. The van der Waals surface area contributed by atoms with Crippen molar-refractivity contribution >= 4 is 33.6 Å². The van der Waals surface area contributed by atoms with Gasteiger partial charge in [0.25, 0.3) is 11.8 Å². The fourth-order valence-electron chi connectivity index (χ4n) is 4.62. The monoisotopic (exact) mass is 445 g/mol. The molecule has 1 aliphatic rings. The number of primary amides is 1. The van der Waals surface area contributed by atoms with Crippen LogP contribution in [-0.4, -0.2) is 41.9 Å². The molecule has 1 saturated heterocycles. The van der Waals surface area contributed by atoms with E-state index in [-0.39, 0.29) is 11.7 Å². The number of ether oxygens (including phenoxy) is 1. The highest BCUT2D eigenvalue weighted by molar-refractivity contribution is 6.17. The molecule has 4 aromatic rings. The van der Waals surface area contributed by atoms with Gasteiger partial charge in [-0.15, -0.1) is 0 Å². The van der Waals surface area contributed by atoms with Crippen molar-refractivity contribution in [2.24, 2.45) is 5.73 Å². The van der Waals surface area contributed by atoms with Gasteiger partial charge in [0, 0.05) is 34.9 Å². The molecule has 168 valence electrons. The van der Waals surface area contributed by atoms with Gasteiger partial charge in [0.15, 0.2) is 11.6 Å². The summed E-state index contributed by atoms with van der Waals surface area (Å²) in [4.78, 5) is 30.5. The van der Waals surface area contributed by atoms with E-state index in [1.165, 1.54) is 13.2 Å². The molecule has 3 N–H and O–H groups in total. The van der Waals surface area contributed by atoms with Crippen LogP contribution in [0.4, 0.5) is 4.39 Å². The van der Waals surface area contributed by atoms with Crippen molar-refractivity contribution in [3.63, 3.8) is 0 Å². The predicted octanol–water partition coefficient (Wildman–Crippen LogP) is 4.86. The first-order valence-electron chi connectivity index (χ1n) is 11.0. The van der Waals surface area contributed by atoms with Crippen LogP contribution in [0.1, 0.15) is 40.0 Å². The molecular formula is C26H24FN3O3. The number of nitrogens with zero attached hydrogens (tertiary/aromatic N) is 1. The van der Waals surface area contributed by atoms with Crippen LogP contribution in [0.2, 0.25) is 0 Å². The molecule has 7 heteroatoms. The third-order valence-electron chi connectivity index (χ3n) is 6.35. The quantitative estimate of drug-likeness (QED) is 0.470. The Morgan fingerprint density at radius 2 is 1.76 bits per heavy atom. The number of piperidine rings is 1. The lowest BCUT2D eigenvalue weighted by molar-refractivity contribution is 0.0724. The summed E-state index contributed by atoms with van der Waals surface area (Å²) < 4.78 is 19.4. The number of likely N-dealkylation sites (tertiary alicyclic amines) is 1. The number of H-pyrrole nitrogens is 1. The van der Waals surface area contributed by atoms with E-state index in [1.54, 1.807) is 24.3 Å². The zero-order chi connectivity index (χ0) is 23.1. The maximum atomic E-state index is 14.4. The summed E-state index contributed by atoms with van der Waals surface area (Å²) in [5, 5.41) is 1.56. The summed E-state index contributed by atoms with van der Waals surface area (Å²) >= 11 is 0. The number of amides is 2. The van der Waals surface area contributed by atoms with E-state index in [1.807, 2.05) is 23.1 Å². The average Bonchev–Trinajstić information content (AvgIpc) is 3.21. The number of nitrogens with one attached hydrogen (secondary N) is 1. The average molecular weight is 445 g/mol. The number of hydrogen-bond acceptors (Lipinski definition) is 3. The number of carbonyl (C=O) groups is 2. The largest absolute Gasteiger partial charge is 0.494 e. The maximum absolute atomic E-state index is 14.4. The molecule has 0 saturated carbocycles. The minimum Gasteiger partial charge on any atom is -0.494 e. The van der Waals surface area contributed by atoms with E-state index < -0.39 is 11.7 Å². The van der Waals surface area contributed by atoms with E-state index >= 15 is 0 Å². The van der Waals surface area contributed by atoms with Crippen LogP contribution < -0.4 is 10.5 Å². The summed E-state index contributed by atoms with van der Waals surface area (Å²) in [5.41, 5.74) is 9.22. The number of carbonyl (C=O) groups excluding carboxylic acids is 2. The van der Waals surface area contributed by atoms with E-state index in [0.717, 1.165) is 48.6 Å². The number of halogens is 1. The Labute approximate surface area is 190 Å². The molecule has 0 unspecified atom stereocenters. The summed E-state index contributed by atoms with van der Waals surface area (Å²) in [6, 6.07) is 13.7. The van der Waals surface area contributed by atoms with Gasteiger partial charge in [-0.25, -0.2) is 4.39 Å². The van der Waals surface area contributed by atoms with E-state index in [0.29, 0.717) is 27.8 Å². The Kier molecular flexibility index (Phi) is 5.24. The van der Waals surface area contributed by atoms with Crippen LogP contribution in [0.15, 0.2) is 48.5 Å². The molecule has 1 fully saturated rings. The SMILES string of the molecule is COc1ccc(-c2cc(C(N)=O)c3[nH]c4ccc(C(=O)N5CCCCC5)cc4c3c2)cc1F. The highest BCUT2D eigenvalue weighted by Crippen LogP contribution is 2.34. The molecule has 0 spiro atoms. The second-order valence-electron chi connectivity index (χ2n) is 8.40. The first-order valence-corrected chi connectivity index (χ1v) is 11.0. The van der Waals surface area contributed by atoms with Gasteiger partial charge in [-0.05, 0) is 72.9 Å². The molecule has 1 aromatic heterocycles. The molecule has 2 amide bonds. The number of methoxy groups -OCH3 is 1. The number of rotatable bonds is 4. The fourth-order valence-corrected chi connectivity index (χ4v) is 4.62. The van der Waals surface area contributed by atoms with Crippen LogP contribution in [0.5, 0.6) is 5.75 Å². The predicted molar refractivity (Wildman–Crippen MR) is 126 cm³/mol. The van der Waals surface area contributed by atoms with Gasteiger partial charge in [-0.3, -0.25) is 9.59 Å². The van der Waals surface area contributed by atoms with Gasteiger partial charge in [0.2, 0.25) is 0 Å². The molecule has 1 aliphatic heterocycles. The molecule has 2 heterocycles. The van der Waals surface area contributed by atoms with Gasteiger partial charge in [-0.1, -0.05) is 6.07 Å². The third-order valence-corrected chi connectivity index (χ3v) is 6.35. The van der Waals surface area contributed by atoms with Crippen LogP contribution in [-0.2, 0) is 0 Å². The lowest BCUT2D eigenvalue weighted by Crippen LogP contribution is -2.35. The van der Waals surface area contributed by atoms with Crippen LogP contribution in [0, 0.1) is 5.82 Å². The topological polar surface area (TPSA) is 88.4 Å². The van der Waals surface area contributed by atoms with Crippen molar-refractivity contribution in [1.82, 2.24) is 9.88 Å². The number of hydrogen-bond donors (Lipinski definition) is 2. The standard InChI is InChI=1S/C26H24FN3O3/c1-33-23-8-6-15(14-21(23)27)17-12-19-18-11-16(26(32)30-9-3-2-4-10-30)5-7-22(18)29-24(19)20(13-17)25(28)31/h5-8,11-14,29H,2-4,9-10H2,1H3,(H2,28,31). The summed E-state index contributed by atoms with van der Waals surface area (Å²) in [6.45, 7) is 1.54. The van der Waals surface area contributed by atoms with Crippen molar-refractivity contribution in [3.8, 4) is 16.9 Å². The van der Waals surface area contributed by atoms with E-state index in [2.05, 4.69) is 4.98 Å². The molecule has 33 heavy (non-hydrogen) atoms. The number of aromatic nitrogens is 1. The van der Waals surface area contributed by atoms with Crippen molar-refractivity contribution in [3.05, 3.63) is 65.5 Å². The molecular weight excluding hydrogens is 421 g/mol.